The Morgan fingerprint density at radius 2 is 1.86 bits per heavy atom. The maximum absolute atomic E-state index is 13.0. The average Bonchev–Trinajstić information content (AvgIpc) is 2.34. The van der Waals surface area contributed by atoms with Crippen molar-refractivity contribution < 1.29 is 21.6 Å². The van der Waals surface area contributed by atoms with E-state index in [9.17, 15) is 21.6 Å². The monoisotopic (exact) mass is 340 g/mol. The largest absolute Gasteiger partial charge is 0.417 e. The predicted octanol–water partition coefficient (Wildman–Crippen LogP) is 2.39. The molecule has 0 saturated carbocycles. The Hall–Kier alpha value is -1.19. The minimum absolute atomic E-state index is 0.114. The van der Waals surface area contributed by atoms with E-state index in [-0.39, 0.29) is 11.5 Å². The number of sulfonamides is 1. The number of hydrogen-bond donors (Lipinski definition) is 1. The van der Waals surface area contributed by atoms with Gasteiger partial charge in [-0.1, -0.05) is 24.4 Å². The molecule has 1 aromatic rings. The van der Waals surface area contributed by atoms with Crippen molar-refractivity contribution in [2.45, 2.75) is 31.0 Å². The molecule has 0 bridgehead atoms. The molecule has 0 amide bonds. The smallest absolute Gasteiger partial charge is 0.392 e. The van der Waals surface area contributed by atoms with E-state index in [2.05, 4.69) is 12.2 Å². The molecule has 21 heavy (non-hydrogen) atoms. The molecule has 1 rings (SSSR count). The summed E-state index contributed by atoms with van der Waals surface area (Å²) in [7, 11) is -4.36. The summed E-state index contributed by atoms with van der Waals surface area (Å²) >= 11 is 4.67. The molecule has 0 aliphatic rings. The SMILES string of the molecule is CC(C)N(CC(N)=S)S(=O)(=O)c1ccccc1C(F)(F)F. The van der Waals surface area contributed by atoms with Gasteiger partial charge in [-0.05, 0) is 26.0 Å². The third-order valence-electron chi connectivity index (χ3n) is 2.67. The average molecular weight is 340 g/mol. The van der Waals surface area contributed by atoms with Crippen LogP contribution in [-0.4, -0.2) is 30.3 Å². The lowest BCUT2D eigenvalue weighted by atomic mass is 10.2. The predicted molar refractivity (Wildman–Crippen MR) is 77.3 cm³/mol. The summed E-state index contributed by atoms with van der Waals surface area (Å²) in [5, 5.41) is 0. The fourth-order valence-electron chi connectivity index (χ4n) is 1.75. The Kier molecular flexibility index (Phi) is 5.35. The zero-order chi connectivity index (χ0) is 16.4. The lowest BCUT2D eigenvalue weighted by molar-refractivity contribution is -0.139. The highest BCUT2D eigenvalue weighted by Crippen LogP contribution is 2.35. The zero-order valence-corrected chi connectivity index (χ0v) is 13.0. The molecule has 0 aliphatic heterocycles. The minimum atomic E-state index is -4.77. The van der Waals surface area contributed by atoms with E-state index in [1.54, 1.807) is 0 Å². The van der Waals surface area contributed by atoms with Gasteiger partial charge in [-0.2, -0.15) is 17.5 Å². The molecule has 0 spiro atoms. The summed E-state index contributed by atoms with van der Waals surface area (Å²) in [6, 6.07) is 3.44. The number of thiocarbonyl (C=S) groups is 1. The number of halogens is 3. The van der Waals surface area contributed by atoms with E-state index >= 15 is 0 Å². The summed E-state index contributed by atoms with van der Waals surface area (Å²) in [5.41, 5.74) is 4.12. The van der Waals surface area contributed by atoms with E-state index in [1.165, 1.54) is 19.9 Å². The van der Waals surface area contributed by atoms with Crippen LogP contribution in [0.5, 0.6) is 0 Å². The third kappa shape index (κ3) is 4.14. The molecule has 1 aromatic carbocycles. The Bertz CT molecular complexity index is 628. The highest BCUT2D eigenvalue weighted by Gasteiger charge is 2.39. The lowest BCUT2D eigenvalue weighted by Gasteiger charge is -2.26. The van der Waals surface area contributed by atoms with Crippen LogP contribution >= 0.6 is 12.2 Å². The van der Waals surface area contributed by atoms with Crippen molar-refractivity contribution in [2.75, 3.05) is 6.54 Å². The van der Waals surface area contributed by atoms with Crippen LogP contribution in [0.1, 0.15) is 19.4 Å². The third-order valence-corrected chi connectivity index (χ3v) is 4.88. The van der Waals surface area contributed by atoms with Gasteiger partial charge < -0.3 is 5.73 Å². The van der Waals surface area contributed by atoms with Crippen molar-refractivity contribution in [1.82, 2.24) is 4.31 Å². The Labute approximate surface area is 126 Å². The highest BCUT2D eigenvalue weighted by molar-refractivity contribution is 7.89. The van der Waals surface area contributed by atoms with Crippen LogP contribution in [0, 0.1) is 0 Å². The number of nitrogens with zero attached hydrogens (tertiary/aromatic N) is 1. The summed E-state index contributed by atoms with van der Waals surface area (Å²) in [5.74, 6) is 0. The van der Waals surface area contributed by atoms with Gasteiger partial charge in [-0.15, -0.1) is 0 Å². The molecule has 2 N–H and O–H groups in total. The fraction of sp³-hybridized carbons (Fsp3) is 0.417. The number of rotatable bonds is 5. The van der Waals surface area contributed by atoms with Crippen molar-refractivity contribution in [1.29, 1.82) is 0 Å². The molecule has 0 heterocycles. The molecule has 0 atom stereocenters. The van der Waals surface area contributed by atoms with Crippen LogP contribution in [-0.2, 0) is 16.2 Å². The second-order valence-electron chi connectivity index (χ2n) is 4.60. The fourth-order valence-corrected chi connectivity index (χ4v) is 3.80. The van der Waals surface area contributed by atoms with E-state index in [4.69, 9.17) is 5.73 Å². The van der Waals surface area contributed by atoms with Crippen LogP contribution in [0.2, 0.25) is 0 Å². The van der Waals surface area contributed by atoms with Crippen molar-refractivity contribution in [3.05, 3.63) is 29.8 Å². The standard InChI is InChI=1S/C12H15F3N2O2S2/c1-8(2)17(7-11(16)20)21(18,19)10-6-4-3-5-9(10)12(13,14)15/h3-6,8H,7H2,1-2H3,(H2,16,20). The Balaban J connectivity index is 3.46. The van der Waals surface area contributed by atoms with Gasteiger partial charge >= 0.3 is 6.18 Å². The van der Waals surface area contributed by atoms with Gasteiger partial charge in [0.15, 0.2) is 0 Å². The summed E-state index contributed by atoms with van der Waals surface area (Å²) in [6.07, 6.45) is -4.77. The van der Waals surface area contributed by atoms with Gasteiger partial charge in [0.1, 0.15) is 0 Å². The second kappa shape index (κ2) is 6.29. The number of nitrogens with two attached hydrogens (primary N) is 1. The molecule has 0 radical (unpaired) electrons. The molecular formula is C12H15F3N2O2S2. The van der Waals surface area contributed by atoms with E-state index in [1.807, 2.05) is 0 Å². The first-order valence-electron chi connectivity index (χ1n) is 5.94. The summed E-state index contributed by atoms with van der Waals surface area (Å²) in [6.45, 7) is 2.75. The van der Waals surface area contributed by atoms with Crippen molar-refractivity contribution in [3.63, 3.8) is 0 Å². The van der Waals surface area contributed by atoms with Gasteiger partial charge in [-0.3, -0.25) is 0 Å². The first-order valence-corrected chi connectivity index (χ1v) is 7.79. The van der Waals surface area contributed by atoms with Gasteiger partial charge in [0.2, 0.25) is 10.0 Å². The quantitative estimate of drug-likeness (QED) is 0.836. The first kappa shape index (κ1) is 17.9. The van der Waals surface area contributed by atoms with Crippen LogP contribution in [0.25, 0.3) is 0 Å². The van der Waals surface area contributed by atoms with E-state index in [0.29, 0.717) is 0 Å². The Morgan fingerprint density at radius 3 is 2.29 bits per heavy atom. The van der Waals surface area contributed by atoms with E-state index in [0.717, 1.165) is 22.5 Å². The lowest BCUT2D eigenvalue weighted by Crippen LogP contribution is -2.42. The summed E-state index contributed by atoms with van der Waals surface area (Å²) < 4.78 is 64.7. The van der Waals surface area contributed by atoms with Crippen LogP contribution in [0.15, 0.2) is 29.2 Å². The minimum Gasteiger partial charge on any atom is -0.392 e. The Morgan fingerprint density at radius 1 is 1.33 bits per heavy atom. The maximum Gasteiger partial charge on any atom is 0.417 e. The molecule has 0 unspecified atom stereocenters. The summed E-state index contributed by atoms with van der Waals surface area (Å²) in [4.78, 5) is -0.917. The topological polar surface area (TPSA) is 63.4 Å². The van der Waals surface area contributed by atoms with Crippen molar-refractivity contribution in [3.8, 4) is 0 Å². The highest BCUT2D eigenvalue weighted by atomic mass is 32.2. The van der Waals surface area contributed by atoms with Crippen LogP contribution in [0.3, 0.4) is 0 Å². The second-order valence-corrected chi connectivity index (χ2v) is 6.99. The maximum atomic E-state index is 13.0. The van der Waals surface area contributed by atoms with Gasteiger partial charge in [0.05, 0.1) is 22.0 Å². The van der Waals surface area contributed by atoms with Crippen molar-refractivity contribution >= 4 is 27.2 Å². The number of benzene rings is 1. The number of alkyl halides is 3. The molecular weight excluding hydrogens is 325 g/mol. The van der Waals surface area contributed by atoms with Crippen LogP contribution < -0.4 is 5.73 Å². The molecule has 0 aromatic heterocycles. The molecule has 9 heteroatoms. The number of hydrogen-bond acceptors (Lipinski definition) is 3. The van der Waals surface area contributed by atoms with Gasteiger partial charge in [0, 0.05) is 6.04 Å². The van der Waals surface area contributed by atoms with Crippen molar-refractivity contribution in [2.24, 2.45) is 5.73 Å². The molecule has 0 saturated heterocycles. The molecule has 118 valence electrons. The molecule has 4 nitrogen and oxygen atoms in total. The van der Waals surface area contributed by atoms with Gasteiger partial charge in [-0.25, -0.2) is 8.42 Å². The normalized spacial score (nSPS) is 12.9. The molecule has 0 aliphatic carbocycles. The van der Waals surface area contributed by atoms with Crippen LogP contribution in [0.4, 0.5) is 13.2 Å². The van der Waals surface area contributed by atoms with Gasteiger partial charge in [0.25, 0.3) is 0 Å². The first-order chi connectivity index (χ1) is 9.48. The molecule has 0 fully saturated rings. The van der Waals surface area contributed by atoms with E-state index < -0.39 is 32.7 Å². The zero-order valence-electron chi connectivity index (χ0n) is 11.4.